The largest absolute Gasteiger partial charge is 0.491 e. The molecule has 1 aromatic rings. The average Bonchev–Trinajstić information content (AvgIpc) is 2.91. The van der Waals surface area contributed by atoms with E-state index in [4.69, 9.17) is 4.74 Å². The second-order valence-corrected chi connectivity index (χ2v) is 10.7. The molecule has 2 aliphatic rings. The van der Waals surface area contributed by atoms with Crippen LogP contribution in [-0.2, 0) is 14.8 Å². The van der Waals surface area contributed by atoms with Crippen LogP contribution in [0.2, 0.25) is 0 Å². The van der Waals surface area contributed by atoms with E-state index in [1.807, 2.05) is 56.9 Å². The van der Waals surface area contributed by atoms with Crippen molar-refractivity contribution >= 4 is 21.6 Å². The average molecular weight is 409 g/mol. The van der Waals surface area contributed by atoms with Crippen molar-refractivity contribution in [2.75, 3.05) is 30.3 Å². The van der Waals surface area contributed by atoms with Gasteiger partial charge in [0, 0.05) is 25.3 Å². The summed E-state index contributed by atoms with van der Waals surface area (Å²) in [7, 11) is -3.23. The third-order valence-corrected chi connectivity index (χ3v) is 7.89. The van der Waals surface area contributed by atoms with Crippen LogP contribution in [0, 0.1) is 11.3 Å². The topological polar surface area (TPSA) is 66.9 Å². The van der Waals surface area contributed by atoms with Crippen molar-refractivity contribution in [1.82, 2.24) is 4.31 Å². The Morgan fingerprint density at radius 2 is 1.57 bits per heavy atom. The quantitative estimate of drug-likeness (QED) is 0.724. The van der Waals surface area contributed by atoms with Gasteiger partial charge in [0.25, 0.3) is 0 Å². The van der Waals surface area contributed by atoms with Gasteiger partial charge in [0.15, 0.2) is 0 Å². The molecule has 2 fully saturated rings. The molecular weight excluding hydrogens is 376 g/mol. The third kappa shape index (κ3) is 4.35. The van der Waals surface area contributed by atoms with Crippen molar-refractivity contribution in [3.63, 3.8) is 0 Å². The highest BCUT2D eigenvalue weighted by Gasteiger charge is 2.49. The molecule has 28 heavy (non-hydrogen) atoms. The van der Waals surface area contributed by atoms with Crippen LogP contribution in [0.1, 0.15) is 47.0 Å². The molecule has 0 N–H and O–H groups in total. The van der Waals surface area contributed by atoms with E-state index in [0.717, 1.165) is 17.9 Å². The Bertz CT molecular complexity index is 794. The lowest BCUT2D eigenvalue weighted by Gasteiger charge is -2.37. The highest BCUT2D eigenvalue weighted by Crippen LogP contribution is 2.43. The van der Waals surface area contributed by atoms with E-state index in [-0.39, 0.29) is 23.7 Å². The number of carbonyl (C=O) groups is 1. The smallest absolute Gasteiger partial charge is 0.233 e. The Balaban J connectivity index is 1.66. The van der Waals surface area contributed by atoms with Gasteiger partial charge in [-0.2, -0.15) is 0 Å². The number of nitrogens with zero attached hydrogens (tertiary/aromatic N) is 2. The molecular formula is C21H32N2O4S. The SMILES string of the molecule is CC(C)CS(=O)(=O)N1CCC2(CCN(c3ccc(OC(C)C)cc3)C2=O)CC1. The van der Waals surface area contributed by atoms with Gasteiger partial charge in [-0.25, -0.2) is 12.7 Å². The van der Waals surface area contributed by atoms with Crippen molar-refractivity contribution < 1.29 is 17.9 Å². The van der Waals surface area contributed by atoms with Crippen LogP contribution in [0.3, 0.4) is 0 Å². The van der Waals surface area contributed by atoms with Crippen molar-refractivity contribution in [3.8, 4) is 5.75 Å². The van der Waals surface area contributed by atoms with Gasteiger partial charge in [-0.3, -0.25) is 4.79 Å². The van der Waals surface area contributed by atoms with Crippen LogP contribution >= 0.6 is 0 Å². The van der Waals surface area contributed by atoms with E-state index in [0.29, 0.717) is 32.5 Å². The molecule has 7 heteroatoms. The summed E-state index contributed by atoms with van der Waals surface area (Å²) in [5.74, 6) is 1.20. The molecule has 0 radical (unpaired) electrons. The van der Waals surface area contributed by atoms with Gasteiger partial charge < -0.3 is 9.64 Å². The number of piperidine rings is 1. The zero-order valence-corrected chi connectivity index (χ0v) is 18.2. The summed E-state index contributed by atoms with van der Waals surface area (Å²) < 4.78 is 32.2. The molecule has 0 saturated carbocycles. The lowest BCUT2D eigenvalue weighted by Crippen LogP contribution is -2.47. The van der Waals surface area contributed by atoms with Crippen molar-refractivity contribution in [1.29, 1.82) is 0 Å². The highest BCUT2D eigenvalue weighted by atomic mass is 32.2. The fraction of sp³-hybridized carbons (Fsp3) is 0.667. The summed E-state index contributed by atoms with van der Waals surface area (Å²) in [5, 5.41) is 0. The van der Waals surface area contributed by atoms with Gasteiger partial charge in [0.05, 0.1) is 17.3 Å². The number of sulfonamides is 1. The van der Waals surface area contributed by atoms with E-state index < -0.39 is 15.4 Å². The zero-order chi connectivity index (χ0) is 20.5. The molecule has 0 aliphatic carbocycles. The van der Waals surface area contributed by atoms with Crippen LogP contribution in [0.4, 0.5) is 5.69 Å². The maximum Gasteiger partial charge on any atom is 0.233 e. The number of ether oxygens (including phenoxy) is 1. The summed E-state index contributed by atoms with van der Waals surface area (Å²) in [5.41, 5.74) is 0.463. The lowest BCUT2D eigenvalue weighted by molar-refractivity contribution is -0.127. The number of rotatable bonds is 6. The monoisotopic (exact) mass is 408 g/mol. The van der Waals surface area contributed by atoms with Crippen molar-refractivity contribution in [2.24, 2.45) is 11.3 Å². The van der Waals surface area contributed by atoms with Crippen LogP contribution < -0.4 is 9.64 Å². The number of anilines is 1. The summed E-state index contributed by atoms with van der Waals surface area (Å²) in [6, 6.07) is 7.65. The number of amides is 1. The van der Waals surface area contributed by atoms with Crippen LogP contribution in [0.25, 0.3) is 0 Å². The summed E-state index contributed by atoms with van der Waals surface area (Å²) in [6.07, 6.45) is 2.11. The van der Waals surface area contributed by atoms with Gasteiger partial charge in [-0.1, -0.05) is 13.8 Å². The Hall–Kier alpha value is -1.60. The maximum absolute atomic E-state index is 13.2. The fourth-order valence-corrected chi connectivity index (χ4v) is 6.02. The van der Waals surface area contributed by atoms with Crippen LogP contribution in [-0.4, -0.2) is 50.1 Å². The minimum absolute atomic E-state index is 0.104. The molecule has 1 spiro atoms. The van der Waals surface area contributed by atoms with E-state index >= 15 is 0 Å². The first-order valence-corrected chi connectivity index (χ1v) is 11.8. The van der Waals surface area contributed by atoms with Gasteiger partial charge in [0.1, 0.15) is 5.75 Å². The summed E-state index contributed by atoms with van der Waals surface area (Å²) in [4.78, 5) is 15.1. The zero-order valence-electron chi connectivity index (χ0n) is 17.3. The minimum atomic E-state index is -3.23. The van der Waals surface area contributed by atoms with E-state index in [1.54, 1.807) is 4.31 Å². The Labute approximate surface area is 168 Å². The van der Waals surface area contributed by atoms with Crippen LogP contribution in [0.5, 0.6) is 5.75 Å². The number of hydrogen-bond acceptors (Lipinski definition) is 4. The fourth-order valence-electron chi connectivity index (χ4n) is 4.23. The first-order valence-electron chi connectivity index (χ1n) is 10.2. The molecule has 2 heterocycles. The van der Waals surface area contributed by atoms with E-state index in [2.05, 4.69) is 0 Å². The van der Waals surface area contributed by atoms with Gasteiger partial charge in [-0.05, 0) is 63.3 Å². The van der Waals surface area contributed by atoms with E-state index in [1.165, 1.54) is 0 Å². The first-order chi connectivity index (χ1) is 13.1. The van der Waals surface area contributed by atoms with Gasteiger partial charge >= 0.3 is 0 Å². The molecule has 6 nitrogen and oxygen atoms in total. The van der Waals surface area contributed by atoms with Crippen LogP contribution in [0.15, 0.2) is 24.3 Å². The molecule has 156 valence electrons. The lowest BCUT2D eigenvalue weighted by atomic mass is 9.77. The number of hydrogen-bond donors (Lipinski definition) is 0. The molecule has 2 aliphatic heterocycles. The normalized spacial score (nSPS) is 20.5. The molecule has 1 aromatic carbocycles. The van der Waals surface area contributed by atoms with E-state index in [9.17, 15) is 13.2 Å². The van der Waals surface area contributed by atoms with Crippen molar-refractivity contribution in [3.05, 3.63) is 24.3 Å². The Kier molecular flexibility index (Phi) is 6.05. The van der Waals surface area contributed by atoms with Gasteiger partial charge in [-0.15, -0.1) is 0 Å². The maximum atomic E-state index is 13.2. The van der Waals surface area contributed by atoms with Gasteiger partial charge in [0.2, 0.25) is 15.9 Å². The summed E-state index contributed by atoms with van der Waals surface area (Å²) >= 11 is 0. The number of carbonyl (C=O) groups excluding carboxylic acids is 1. The predicted octanol–water partition coefficient (Wildman–Crippen LogP) is 3.28. The van der Waals surface area contributed by atoms with Crippen molar-refractivity contribution in [2.45, 2.75) is 53.1 Å². The molecule has 2 saturated heterocycles. The first kappa shape index (κ1) is 21.1. The molecule has 0 atom stereocenters. The Morgan fingerprint density at radius 3 is 2.11 bits per heavy atom. The second-order valence-electron chi connectivity index (χ2n) is 8.72. The second kappa shape index (κ2) is 8.03. The third-order valence-electron chi connectivity index (χ3n) is 5.65. The molecule has 3 rings (SSSR count). The molecule has 0 aromatic heterocycles. The Morgan fingerprint density at radius 1 is 1.00 bits per heavy atom. The molecule has 0 unspecified atom stereocenters. The standard InChI is InChI=1S/C21H32N2O4S/c1-16(2)15-28(25,26)22-12-9-21(10-13-22)11-14-23(20(21)24)18-5-7-19(8-6-18)27-17(3)4/h5-8,16-17H,9-15H2,1-4H3. The molecule has 1 amide bonds. The highest BCUT2D eigenvalue weighted by molar-refractivity contribution is 7.89. The number of benzene rings is 1. The predicted molar refractivity (Wildman–Crippen MR) is 111 cm³/mol. The minimum Gasteiger partial charge on any atom is -0.491 e. The molecule has 0 bridgehead atoms. The summed E-state index contributed by atoms with van der Waals surface area (Å²) in [6.45, 7) is 9.36.